The lowest BCUT2D eigenvalue weighted by molar-refractivity contribution is 0.0925. The monoisotopic (exact) mass is 349 g/mol. The first-order chi connectivity index (χ1) is 9.99. The zero-order chi connectivity index (χ0) is 15.4. The molecule has 0 bridgehead atoms. The van der Waals surface area contributed by atoms with Crippen LogP contribution in [0.1, 0.15) is 35.8 Å². The second-order valence-corrected chi connectivity index (χ2v) is 6.08. The lowest BCUT2D eigenvalue weighted by atomic mass is 9.95. The van der Waals surface area contributed by atoms with E-state index < -0.39 is 0 Å². The Morgan fingerprint density at radius 2 is 1.71 bits per heavy atom. The van der Waals surface area contributed by atoms with E-state index in [1.54, 1.807) is 18.2 Å². The zero-order valence-electron chi connectivity index (χ0n) is 11.9. The summed E-state index contributed by atoms with van der Waals surface area (Å²) in [6, 6.07) is 13.4. The number of hydrogen-bond donors (Lipinski definition) is 1. The average molecular weight is 350 g/mol. The Hall–Kier alpha value is -1.68. The van der Waals surface area contributed by atoms with E-state index in [1.807, 2.05) is 32.0 Å². The predicted octanol–water partition coefficient (Wildman–Crippen LogP) is 4.72. The maximum Gasteiger partial charge on any atom is 0.252 e. The largest absolute Gasteiger partial charge is 0.345 e. The summed E-state index contributed by atoms with van der Waals surface area (Å²) in [4.78, 5) is 12.4. The lowest BCUT2D eigenvalue weighted by Crippen LogP contribution is -2.32. The summed E-state index contributed by atoms with van der Waals surface area (Å²) in [5.74, 6) is -0.231. The third-order valence-electron chi connectivity index (χ3n) is 3.30. The molecule has 0 aliphatic rings. The molecule has 0 radical (unpaired) electrons. The van der Waals surface area contributed by atoms with Crippen molar-refractivity contribution in [1.82, 2.24) is 5.32 Å². The molecule has 0 saturated heterocycles. The molecule has 0 spiro atoms. The minimum absolute atomic E-state index is 0.148. The lowest BCUT2D eigenvalue weighted by Gasteiger charge is -2.23. The average Bonchev–Trinajstić information content (AvgIpc) is 2.46. The van der Waals surface area contributed by atoms with Crippen LogP contribution < -0.4 is 5.32 Å². The fourth-order valence-corrected chi connectivity index (χ4v) is 2.63. The Balaban J connectivity index is 2.23. The van der Waals surface area contributed by atoms with Crippen LogP contribution in [0.2, 0.25) is 0 Å². The molecule has 0 aromatic heterocycles. The summed E-state index contributed by atoms with van der Waals surface area (Å²) >= 11 is 3.38. The number of carbonyl (C=O) groups is 1. The smallest absolute Gasteiger partial charge is 0.252 e. The number of amides is 1. The quantitative estimate of drug-likeness (QED) is 0.850. The topological polar surface area (TPSA) is 29.1 Å². The Kier molecular flexibility index (Phi) is 5.12. The fourth-order valence-electron chi connectivity index (χ4n) is 2.17. The normalized spacial score (nSPS) is 12.2. The van der Waals surface area contributed by atoms with E-state index in [9.17, 15) is 9.18 Å². The van der Waals surface area contributed by atoms with Crippen molar-refractivity contribution in [3.05, 3.63) is 69.9 Å². The highest BCUT2D eigenvalue weighted by Crippen LogP contribution is 2.24. The summed E-state index contributed by atoms with van der Waals surface area (Å²) in [7, 11) is 0. The van der Waals surface area contributed by atoms with Crippen LogP contribution in [0.4, 0.5) is 4.39 Å². The Bertz CT molecular complexity index is 625. The first kappa shape index (κ1) is 15.7. The van der Waals surface area contributed by atoms with Crippen LogP contribution in [-0.4, -0.2) is 5.91 Å². The van der Waals surface area contributed by atoms with Crippen LogP contribution in [0.25, 0.3) is 0 Å². The molecule has 0 aliphatic carbocycles. The van der Waals surface area contributed by atoms with E-state index in [1.165, 1.54) is 12.1 Å². The van der Waals surface area contributed by atoms with Gasteiger partial charge in [0.1, 0.15) is 5.82 Å². The van der Waals surface area contributed by atoms with Gasteiger partial charge in [0, 0.05) is 4.47 Å². The van der Waals surface area contributed by atoms with Crippen LogP contribution in [-0.2, 0) is 0 Å². The molecule has 0 heterocycles. The van der Waals surface area contributed by atoms with Crippen molar-refractivity contribution in [3.8, 4) is 0 Å². The molecule has 4 heteroatoms. The Labute approximate surface area is 132 Å². The van der Waals surface area contributed by atoms with Crippen molar-refractivity contribution in [1.29, 1.82) is 0 Å². The number of halogens is 2. The van der Waals surface area contributed by atoms with Gasteiger partial charge in [-0.15, -0.1) is 0 Å². The van der Waals surface area contributed by atoms with Gasteiger partial charge in [0.2, 0.25) is 0 Å². The van der Waals surface area contributed by atoms with E-state index in [0.29, 0.717) is 5.56 Å². The summed E-state index contributed by atoms with van der Waals surface area (Å²) in [6.45, 7) is 4.04. The van der Waals surface area contributed by atoms with Gasteiger partial charge in [-0.1, -0.05) is 38.1 Å². The molecule has 110 valence electrons. The molecular weight excluding hydrogens is 333 g/mol. The first-order valence-electron chi connectivity index (χ1n) is 6.80. The fraction of sp³-hybridized carbons (Fsp3) is 0.235. The van der Waals surface area contributed by atoms with Gasteiger partial charge in [0.05, 0.1) is 11.6 Å². The highest BCUT2D eigenvalue weighted by atomic mass is 79.9. The molecule has 2 rings (SSSR count). The zero-order valence-corrected chi connectivity index (χ0v) is 13.5. The van der Waals surface area contributed by atoms with E-state index in [0.717, 1.165) is 10.0 Å². The van der Waals surface area contributed by atoms with Gasteiger partial charge in [-0.2, -0.15) is 0 Å². The molecule has 0 fully saturated rings. The molecule has 1 N–H and O–H groups in total. The summed E-state index contributed by atoms with van der Waals surface area (Å²) in [5, 5.41) is 3.02. The Morgan fingerprint density at radius 3 is 2.29 bits per heavy atom. The van der Waals surface area contributed by atoms with Crippen LogP contribution in [0.5, 0.6) is 0 Å². The van der Waals surface area contributed by atoms with E-state index in [4.69, 9.17) is 0 Å². The maximum atomic E-state index is 13.0. The minimum Gasteiger partial charge on any atom is -0.345 e. The van der Waals surface area contributed by atoms with Crippen LogP contribution >= 0.6 is 15.9 Å². The third kappa shape index (κ3) is 3.91. The van der Waals surface area contributed by atoms with Crippen molar-refractivity contribution >= 4 is 21.8 Å². The Morgan fingerprint density at radius 1 is 1.10 bits per heavy atom. The molecule has 0 aliphatic heterocycles. The molecular formula is C17H17BrFNO. The highest BCUT2D eigenvalue weighted by Gasteiger charge is 2.20. The van der Waals surface area contributed by atoms with Crippen molar-refractivity contribution in [2.75, 3.05) is 0 Å². The number of nitrogens with one attached hydrogen (secondary N) is 1. The van der Waals surface area contributed by atoms with Gasteiger partial charge in [-0.25, -0.2) is 4.39 Å². The van der Waals surface area contributed by atoms with Gasteiger partial charge < -0.3 is 5.32 Å². The minimum atomic E-state index is -0.279. The molecule has 0 saturated carbocycles. The van der Waals surface area contributed by atoms with Gasteiger partial charge in [-0.05, 0) is 51.7 Å². The van der Waals surface area contributed by atoms with Gasteiger partial charge in [0.15, 0.2) is 0 Å². The van der Waals surface area contributed by atoms with Crippen molar-refractivity contribution < 1.29 is 9.18 Å². The number of carbonyl (C=O) groups excluding carboxylic acids is 1. The summed E-state index contributed by atoms with van der Waals surface area (Å²) in [6.07, 6.45) is 0. The molecule has 21 heavy (non-hydrogen) atoms. The molecule has 1 atom stereocenters. The van der Waals surface area contributed by atoms with Crippen LogP contribution in [0.3, 0.4) is 0 Å². The van der Waals surface area contributed by atoms with E-state index in [-0.39, 0.29) is 23.7 Å². The van der Waals surface area contributed by atoms with Crippen molar-refractivity contribution in [2.45, 2.75) is 19.9 Å². The van der Waals surface area contributed by atoms with E-state index >= 15 is 0 Å². The first-order valence-corrected chi connectivity index (χ1v) is 7.59. The molecule has 2 aromatic rings. The van der Waals surface area contributed by atoms with E-state index in [2.05, 4.69) is 21.2 Å². The summed E-state index contributed by atoms with van der Waals surface area (Å²) in [5.41, 5.74) is 1.48. The second-order valence-electron chi connectivity index (χ2n) is 5.23. The maximum absolute atomic E-state index is 13.0. The van der Waals surface area contributed by atoms with Gasteiger partial charge in [-0.3, -0.25) is 4.79 Å². The number of rotatable bonds is 4. The highest BCUT2D eigenvalue weighted by molar-refractivity contribution is 9.10. The number of benzene rings is 2. The van der Waals surface area contributed by atoms with Crippen LogP contribution in [0, 0.1) is 11.7 Å². The second kappa shape index (κ2) is 6.85. The standard InChI is InChI=1S/C17H17BrFNO/c1-11(2)16(12-7-9-13(19)10-8-12)20-17(21)14-5-3-4-6-15(14)18/h3-11,16H,1-2H3,(H,20,21)/t16-/m0/s1. The summed E-state index contributed by atoms with van der Waals surface area (Å²) < 4.78 is 13.8. The van der Waals surface area contributed by atoms with Crippen LogP contribution in [0.15, 0.2) is 53.0 Å². The van der Waals surface area contributed by atoms with Crippen molar-refractivity contribution in [2.24, 2.45) is 5.92 Å². The SMILES string of the molecule is CC(C)[C@H](NC(=O)c1ccccc1Br)c1ccc(F)cc1. The van der Waals surface area contributed by atoms with Gasteiger partial charge in [0.25, 0.3) is 5.91 Å². The third-order valence-corrected chi connectivity index (χ3v) is 3.99. The van der Waals surface area contributed by atoms with Crippen molar-refractivity contribution in [3.63, 3.8) is 0 Å². The van der Waals surface area contributed by atoms with Gasteiger partial charge >= 0.3 is 0 Å². The molecule has 2 aromatic carbocycles. The molecule has 2 nitrogen and oxygen atoms in total. The predicted molar refractivity (Wildman–Crippen MR) is 85.6 cm³/mol. The molecule has 1 amide bonds. The number of hydrogen-bond acceptors (Lipinski definition) is 1. The molecule has 0 unspecified atom stereocenters.